The molecule has 0 fully saturated rings. The van der Waals surface area contributed by atoms with E-state index >= 15 is 0 Å². The molecule has 0 aliphatic carbocycles. The van der Waals surface area contributed by atoms with Crippen molar-refractivity contribution in [3.63, 3.8) is 0 Å². The molecule has 0 saturated heterocycles. The lowest BCUT2D eigenvalue weighted by molar-refractivity contribution is 0.225. The van der Waals surface area contributed by atoms with Gasteiger partial charge in [-0.05, 0) is 12.1 Å². The lowest BCUT2D eigenvalue weighted by Gasteiger charge is -2.12. The molecule has 0 bridgehead atoms. The molecule has 0 radical (unpaired) electrons. The van der Waals surface area contributed by atoms with Gasteiger partial charge in [-0.3, -0.25) is 8.37 Å². The molecule has 138 valence electrons. The van der Waals surface area contributed by atoms with Crippen molar-refractivity contribution < 1.29 is 34.7 Å². The lowest BCUT2D eigenvalue weighted by Crippen LogP contribution is -2.09. The van der Waals surface area contributed by atoms with E-state index in [9.17, 15) is 16.8 Å². The van der Waals surface area contributed by atoms with Crippen molar-refractivity contribution >= 4 is 20.2 Å². The van der Waals surface area contributed by atoms with Crippen LogP contribution < -0.4 is 9.47 Å². The Morgan fingerprint density at radius 3 is 1.42 bits per heavy atom. The molecule has 1 rings (SSSR count). The Morgan fingerprint density at radius 1 is 0.708 bits per heavy atom. The van der Waals surface area contributed by atoms with Crippen LogP contribution in [0.15, 0.2) is 24.3 Å². The Bertz CT molecular complexity index is 636. The van der Waals surface area contributed by atoms with Crippen LogP contribution in [0.5, 0.6) is 11.5 Å². The van der Waals surface area contributed by atoms with Crippen molar-refractivity contribution in [1.29, 1.82) is 0 Å². The van der Waals surface area contributed by atoms with Crippen LogP contribution in [0.25, 0.3) is 0 Å². The maximum atomic E-state index is 10.8. The summed E-state index contributed by atoms with van der Waals surface area (Å²) >= 11 is 0. The molecule has 0 amide bonds. The summed E-state index contributed by atoms with van der Waals surface area (Å²) in [6.07, 6.45) is 2.79. The molecular weight excluding hydrogens is 360 g/mol. The van der Waals surface area contributed by atoms with Crippen molar-refractivity contribution in [2.45, 2.75) is 12.8 Å². The molecule has 1 aromatic rings. The number of para-hydroxylation sites is 2. The Labute approximate surface area is 142 Å². The summed E-state index contributed by atoms with van der Waals surface area (Å²) in [5.74, 6) is 1.03. The van der Waals surface area contributed by atoms with Gasteiger partial charge < -0.3 is 9.47 Å². The molecule has 0 N–H and O–H groups in total. The van der Waals surface area contributed by atoms with E-state index in [2.05, 4.69) is 8.37 Å². The van der Waals surface area contributed by atoms with E-state index in [-0.39, 0.29) is 26.4 Å². The Morgan fingerprint density at radius 2 is 1.08 bits per heavy atom. The molecule has 0 spiro atoms. The quantitative estimate of drug-likeness (QED) is 0.392. The minimum absolute atomic E-state index is 0.0463. The van der Waals surface area contributed by atoms with E-state index < -0.39 is 20.2 Å². The van der Waals surface area contributed by atoms with Gasteiger partial charge in [-0.15, -0.1) is 0 Å². The third-order valence-corrected chi connectivity index (χ3v) is 3.73. The predicted molar refractivity (Wildman–Crippen MR) is 88.3 cm³/mol. The minimum atomic E-state index is -3.44. The predicted octanol–water partition coefficient (Wildman–Crippen LogP) is 1.18. The van der Waals surface area contributed by atoms with E-state index in [4.69, 9.17) is 9.47 Å². The summed E-state index contributed by atoms with van der Waals surface area (Å²) < 4.78 is 63.6. The molecular formula is C14H22O8S2. The van der Waals surface area contributed by atoms with Crippen molar-refractivity contribution in [1.82, 2.24) is 0 Å². The van der Waals surface area contributed by atoms with Gasteiger partial charge in [0.2, 0.25) is 0 Å². The highest BCUT2D eigenvalue weighted by Gasteiger charge is 2.06. The van der Waals surface area contributed by atoms with Gasteiger partial charge in [0, 0.05) is 12.8 Å². The van der Waals surface area contributed by atoms with Gasteiger partial charge >= 0.3 is 0 Å². The highest BCUT2D eigenvalue weighted by molar-refractivity contribution is 7.86. The molecule has 8 nitrogen and oxygen atoms in total. The fourth-order valence-corrected chi connectivity index (χ4v) is 2.43. The maximum Gasteiger partial charge on any atom is 0.264 e. The summed E-state index contributed by atoms with van der Waals surface area (Å²) in [6.45, 7) is 0.634. The molecule has 0 atom stereocenters. The average Bonchev–Trinajstić information content (AvgIpc) is 2.45. The van der Waals surface area contributed by atoms with E-state index in [0.717, 1.165) is 12.5 Å². The fraction of sp³-hybridized carbons (Fsp3) is 0.571. The van der Waals surface area contributed by atoms with E-state index in [1.165, 1.54) is 0 Å². The van der Waals surface area contributed by atoms with Gasteiger partial charge in [0.25, 0.3) is 20.2 Å². The zero-order chi connectivity index (χ0) is 18.1. The van der Waals surface area contributed by atoms with Crippen molar-refractivity contribution in [2.75, 3.05) is 38.9 Å². The SMILES string of the molecule is CS(=O)(=O)OCCCOc1ccccc1OCCCOS(C)(=O)=O. The third kappa shape index (κ3) is 10.4. The standard InChI is InChI=1S/C14H22O8S2/c1-23(15,16)21-11-5-9-19-13-7-3-4-8-14(13)20-10-6-12-22-24(2,17)18/h3-4,7-8H,5-6,9-12H2,1-2H3. The first-order chi connectivity index (χ1) is 11.2. The number of hydrogen-bond donors (Lipinski definition) is 0. The first-order valence-electron chi connectivity index (χ1n) is 7.21. The Balaban J connectivity index is 2.33. The van der Waals surface area contributed by atoms with Crippen LogP contribution in [-0.4, -0.2) is 55.8 Å². The molecule has 10 heteroatoms. The molecule has 0 aliphatic rings. The first-order valence-corrected chi connectivity index (χ1v) is 10.8. The van der Waals surface area contributed by atoms with Crippen LogP contribution in [0.4, 0.5) is 0 Å². The van der Waals surface area contributed by atoms with Gasteiger partial charge in [-0.1, -0.05) is 12.1 Å². The van der Waals surface area contributed by atoms with Gasteiger partial charge in [0.15, 0.2) is 11.5 Å². The maximum absolute atomic E-state index is 10.8. The van der Waals surface area contributed by atoms with E-state index in [1.54, 1.807) is 24.3 Å². The van der Waals surface area contributed by atoms with Crippen LogP contribution in [0, 0.1) is 0 Å². The molecule has 0 saturated carbocycles. The van der Waals surface area contributed by atoms with Gasteiger partial charge in [0.05, 0.1) is 38.9 Å². The number of rotatable bonds is 12. The molecule has 0 unspecified atom stereocenters. The van der Waals surface area contributed by atoms with Crippen LogP contribution in [0.3, 0.4) is 0 Å². The van der Waals surface area contributed by atoms with E-state index in [1.807, 2.05) is 0 Å². The van der Waals surface area contributed by atoms with Crippen molar-refractivity contribution in [3.8, 4) is 11.5 Å². The molecule has 1 aromatic carbocycles. The minimum Gasteiger partial charge on any atom is -0.490 e. The largest absolute Gasteiger partial charge is 0.490 e. The smallest absolute Gasteiger partial charge is 0.264 e. The molecule has 0 heterocycles. The highest BCUT2D eigenvalue weighted by Crippen LogP contribution is 2.26. The van der Waals surface area contributed by atoms with Gasteiger partial charge in [0.1, 0.15) is 0 Å². The van der Waals surface area contributed by atoms with Gasteiger partial charge in [-0.2, -0.15) is 16.8 Å². The number of ether oxygens (including phenoxy) is 2. The third-order valence-electron chi connectivity index (χ3n) is 2.54. The van der Waals surface area contributed by atoms with Crippen LogP contribution in [0.2, 0.25) is 0 Å². The lowest BCUT2D eigenvalue weighted by atomic mass is 10.3. The number of benzene rings is 1. The second kappa shape index (κ2) is 9.82. The number of hydrogen-bond acceptors (Lipinski definition) is 8. The summed E-state index contributed by atoms with van der Waals surface area (Å²) in [4.78, 5) is 0. The average molecular weight is 382 g/mol. The summed E-state index contributed by atoms with van der Waals surface area (Å²) in [7, 11) is -6.88. The van der Waals surface area contributed by atoms with Crippen molar-refractivity contribution in [3.05, 3.63) is 24.3 Å². The fourth-order valence-electron chi connectivity index (χ4n) is 1.59. The molecule has 0 aliphatic heterocycles. The first kappa shape index (κ1) is 20.7. The molecule has 0 aromatic heterocycles. The van der Waals surface area contributed by atoms with Crippen LogP contribution >= 0.6 is 0 Å². The second-order valence-corrected chi connectivity index (χ2v) is 8.19. The summed E-state index contributed by atoms with van der Waals surface area (Å²) in [5.41, 5.74) is 0. The van der Waals surface area contributed by atoms with Gasteiger partial charge in [-0.25, -0.2) is 0 Å². The molecule has 24 heavy (non-hydrogen) atoms. The summed E-state index contributed by atoms with van der Waals surface area (Å²) in [5, 5.41) is 0. The topological polar surface area (TPSA) is 105 Å². The zero-order valence-corrected chi connectivity index (χ0v) is 15.3. The van der Waals surface area contributed by atoms with E-state index in [0.29, 0.717) is 24.3 Å². The van der Waals surface area contributed by atoms with Crippen LogP contribution in [0.1, 0.15) is 12.8 Å². The highest BCUT2D eigenvalue weighted by atomic mass is 32.2. The normalized spacial score (nSPS) is 12.1. The monoisotopic (exact) mass is 382 g/mol. The second-order valence-electron chi connectivity index (χ2n) is 4.90. The Kier molecular flexibility index (Phi) is 8.46. The van der Waals surface area contributed by atoms with Crippen molar-refractivity contribution in [2.24, 2.45) is 0 Å². The van der Waals surface area contributed by atoms with Crippen LogP contribution in [-0.2, 0) is 28.6 Å². The summed E-state index contributed by atoms with van der Waals surface area (Å²) in [6, 6.07) is 7.00. The zero-order valence-electron chi connectivity index (χ0n) is 13.6. The Hall–Kier alpha value is -1.36.